The monoisotopic (exact) mass is 337 g/mol. The molecule has 1 aliphatic heterocycles. The SMILES string of the molecule is Cc1cnn([C@@H]2CCCN(C(=O)[C@@H](C)n3cnc4ccccc43)C2)c1. The van der Waals surface area contributed by atoms with E-state index in [1.165, 1.54) is 0 Å². The lowest BCUT2D eigenvalue weighted by molar-refractivity contribution is -0.135. The maximum atomic E-state index is 13.1. The van der Waals surface area contributed by atoms with Crippen LogP contribution in [0, 0.1) is 6.92 Å². The van der Waals surface area contributed by atoms with Crippen molar-refractivity contribution in [2.45, 2.75) is 38.8 Å². The topological polar surface area (TPSA) is 56.0 Å². The molecule has 0 saturated carbocycles. The Labute approximate surface area is 147 Å². The fraction of sp³-hybridized carbons (Fsp3) is 0.421. The molecule has 0 N–H and O–H groups in total. The second-order valence-electron chi connectivity index (χ2n) is 6.89. The molecule has 0 aliphatic carbocycles. The molecule has 1 amide bonds. The third-order valence-corrected chi connectivity index (χ3v) is 5.07. The second kappa shape index (κ2) is 6.35. The van der Waals surface area contributed by atoms with E-state index in [0.29, 0.717) is 0 Å². The van der Waals surface area contributed by atoms with Crippen molar-refractivity contribution in [2.75, 3.05) is 13.1 Å². The van der Waals surface area contributed by atoms with E-state index in [4.69, 9.17) is 0 Å². The number of carbonyl (C=O) groups excluding carboxylic acids is 1. The summed E-state index contributed by atoms with van der Waals surface area (Å²) in [5, 5.41) is 4.43. The summed E-state index contributed by atoms with van der Waals surface area (Å²) in [5.74, 6) is 0.150. The number of aromatic nitrogens is 4. The number of carbonyl (C=O) groups is 1. The van der Waals surface area contributed by atoms with Crippen molar-refractivity contribution in [3.05, 3.63) is 48.5 Å². The number of piperidine rings is 1. The van der Waals surface area contributed by atoms with Crippen LogP contribution in [0.1, 0.15) is 37.4 Å². The van der Waals surface area contributed by atoms with Gasteiger partial charge in [0.05, 0.1) is 29.6 Å². The van der Waals surface area contributed by atoms with Gasteiger partial charge in [-0.25, -0.2) is 4.98 Å². The molecule has 6 heteroatoms. The Kier molecular flexibility index (Phi) is 4.03. The van der Waals surface area contributed by atoms with E-state index in [0.717, 1.165) is 42.5 Å². The zero-order valence-corrected chi connectivity index (χ0v) is 14.7. The van der Waals surface area contributed by atoms with E-state index in [1.807, 2.05) is 58.5 Å². The summed E-state index contributed by atoms with van der Waals surface area (Å²) in [5.41, 5.74) is 3.08. The number of para-hydroxylation sites is 2. The van der Waals surface area contributed by atoms with Gasteiger partial charge in [0.15, 0.2) is 0 Å². The fourth-order valence-corrected chi connectivity index (χ4v) is 3.67. The lowest BCUT2D eigenvalue weighted by Gasteiger charge is -2.34. The Morgan fingerprint density at radius 2 is 2.16 bits per heavy atom. The Morgan fingerprint density at radius 3 is 2.96 bits per heavy atom. The number of imidazole rings is 1. The number of rotatable bonds is 3. The molecule has 0 spiro atoms. The van der Waals surface area contributed by atoms with Gasteiger partial charge in [-0.05, 0) is 44.4 Å². The van der Waals surface area contributed by atoms with Gasteiger partial charge in [-0.1, -0.05) is 12.1 Å². The molecule has 2 aromatic heterocycles. The number of likely N-dealkylation sites (tertiary alicyclic amines) is 1. The minimum Gasteiger partial charge on any atom is -0.339 e. The molecule has 4 rings (SSSR count). The Balaban J connectivity index is 1.53. The van der Waals surface area contributed by atoms with Crippen molar-refractivity contribution < 1.29 is 4.79 Å². The molecular weight excluding hydrogens is 314 g/mol. The van der Waals surface area contributed by atoms with Crippen LogP contribution in [0.3, 0.4) is 0 Å². The third kappa shape index (κ3) is 2.92. The third-order valence-electron chi connectivity index (χ3n) is 5.07. The van der Waals surface area contributed by atoms with Gasteiger partial charge in [-0.15, -0.1) is 0 Å². The molecule has 3 heterocycles. The zero-order chi connectivity index (χ0) is 17.4. The smallest absolute Gasteiger partial charge is 0.245 e. The van der Waals surface area contributed by atoms with Gasteiger partial charge in [-0.2, -0.15) is 5.10 Å². The first kappa shape index (κ1) is 15.9. The zero-order valence-electron chi connectivity index (χ0n) is 14.7. The molecule has 0 unspecified atom stereocenters. The predicted octanol–water partition coefficient (Wildman–Crippen LogP) is 2.97. The number of benzene rings is 1. The fourth-order valence-electron chi connectivity index (χ4n) is 3.67. The molecule has 1 saturated heterocycles. The van der Waals surface area contributed by atoms with Crippen LogP contribution < -0.4 is 0 Å². The molecular formula is C19H23N5O. The van der Waals surface area contributed by atoms with Gasteiger partial charge < -0.3 is 9.47 Å². The molecule has 130 valence electrons. The summed E-state index contributed by atoms with van der Waals surface area (Å²) in [6, 6.07) is 7.93. The van der Waals surface area contributed by atoms with Crippen LogP contribution in [-0.2, 0) is 4.79 Å². The van der Waals surface area contributed by atoms with Crippen LogP contribution in [0.25, 0.3) is 11.0 Å². The Morgan fingerprint density at radius 1 is 1.32 bits per heavy atom. The Bertz CT molecular complexity index is 896. The van der Waals surface area contributed by atoms with E-state index in [1.54, 1.807) is 6.33 Å². The molecule has 1 fully saturated rings. The number of nitrogens with zero attached hydrogens (tertiary/aromatic N) is 5. The average Bonchev–Trinajstić information content (AvgIpc) is 3.27. The van der Waals surface area contributed by atoms with Crippen molar-refractivity contribution in [1.82, 2.24) is 24.2 Å². The van der Waals surface area contributed by atoms with Crippen LogP contribution in [0.2, 0.25) is 0 Å². The van der Waals surface area contributed by atoms with Crippen molar-refractivity contribution in [3.8, 4) is 0 Å². The van der Waals surface area contributed by atoms with Crippen LogP contribution in [-0.4, -0.2) is 43.2 Å². The summed E-state index contributed by atoms with van der Waals surface area (Å²) in [7, 11) is 0. The van der Waals surface area contributed by atoms with Crippen LogP contribution in [0.15, 0.2) is 43.0 Å². The highest BCUT2D eigenvalue weighted by molar-refractivity contribution is 5.83. The number of fused-ring (bicyclic) bond motifs is 1. The highest BCUT2D eigenvalue weighted by Gasteiger charge is 2.29. The summed E-state index contributed by atoms with van der Waals surface area (Å²) < 4.78 is 3.98. The van der Waals surface area contributed by atoms with Gasteiger partial charge in [0.1, 0.15) is 6.04 Å². The van der Waals surface area contributed by atoms with E-state index < -0.39 is 0 Å². The summed E-state index contributed by atoms with van der Waals surface area (Å²) in [6.07, 6.45) is 7.78. The molecule has 1 aliphatic rings. The molecule has 0 radical (unpaired) electrons. The van der Waals surface area contributed by atoms with Gasteiger partial charge in [0.25, 0.3) is 0 Å². The van der Waals surface area contributed by atoms with Crippen molar-refractivity contribution in [1.29, 1.82) is 0 Å². The van der Waals surface area contributed by atoms with Gasteiger partial charge in [0, 0.05) is 19.3 Å². The average molecular weight is 337 g/mol. The summed E-state index contributed by atoms with van der Waals surface area (Å²) in [6.45, 7) is 5.53. The molecule has 1 aromatic carbocycles. The highest BCUT2D eigenvalue weighted by Crippen LogP contribution is 2.25. The minimum atomic E-state index is -0.259. The Hall–Kier alpha value is -2.63. The van der Waals surface area contributed by atoms with Crippen molar-refractivity contribution in [3.63, 3.8) is 0 Å². The maximum absolute atomic E-state index is 13.1. The minimum absolute atomic E-state index is 0.150. The van der Waals surface area contributed by atoms with Gasteiger partial charge in [-0.3, -0.25) is 9.48 Å². The lowest BCUT2D eigenvalue weighted by Crippen LogP contribution is -2.43. The predicted molar refractivity (Wildman–Crippen MR) is 96.3 cm³/mol. The van der Waals surface area contributed by atoms with E-state index in [-0.39, 0.29) is 18.0 Å². The standard InChI is InChI=1S/C19H23N5O/c1-14-10-21-24(11-14)16-6-5-9-22(12-16)19(25)15(2)23-13-20-17-7-3-4-8-18(17)23/h3-4,7-8,10-11,13,15-16H,5-6,9,12H2,1-2H3/t15-,16-/m1/s1. The molecule has 6 nitrogen and oxygen atoms in total. The number of hydrogen-bond acceptors (Lipinski definition) is 3. The number of amides is 1. The summed E-state index contributed by atoms with van der Waals surface area (Å²) >= 11 is 0. The lowest BCUT2D eigenvalue weighted by atomic mass is 10.0. The molecule has 3 aromatic rings. The quantitative estimate of drug-likeness (QED) is 0.738. The van der Waals surface area contributed by atoms with E-state index in [2.05, 4.69) is 16.3 Å². The summed E-state index contributed by atoms with van der Waals surface area (Å²) in [4.78, 5) is 19.5. The van der Waals surface area contributed by atoms with Gasteiger partial charge in [0.2, 0.25) is 5.91 Å². The van der Waals surface area contributed by atoms with Crippen molar-refractivity contribution >= 4 is 16.9 Å². The second-order valence-corrected chi connectivity index (χ2v) is 6.89. The first-order valence-corrected chi connectivity index (χ1v) is 8.84. The van der Waals surface area contributed by atoms with E-state index >= 15 is 0 Å². The van der Waals surface area contributed by atoms with Crippen LogP contribution in [0.4, 0.5) is 0 Å². The molecule has 25 heavy (non-hydrogen) atoms. The first-order chi connectivity index (χ1) is 12.1. The maximum Gasteiger partial charge on any atom is 0.245 e. The first-order valence-electron chi connectivity index (χ1n) is 8.84. The van der Waals surface area contributed by atoms with Crippen molar-refractivity contribution in [2.24, 2.45) is 0 Å². The normalized spacial score (nSPS) is 19.3. The molecule has 2 atom stereocenters. The number of aryl methyl sites for hydroxylation is 1. The largest absolute Gasteiger partial charge is 0.339 e. The number of hydrogen-bond donors (Lipinski definition) is 0. The van der Waals surface area contributed by atoms with E-state index in [9.17, 15) is 4.79 Å². The van der Waals surface area contributed by atoms with Crippen LogP contribution >= 0.6 is 0 Å². The molecule has 0 bridgehead atoms. The van der Waals surface area contributed by atoms with Crippen LogP contribution in [0.5, 0.6) is 0 Å². The van der Waals surface area contributed by atoms with Gasteiger partial charge >= 0.3 is 0 Å². The highest BCUT2D eigenvalue weighted by atomic mass is 16.2.